The predicted molar refractivity (Wildman–Crippen MR) is 61.1 cm³/mol. The topological polar surface area (TPSA) is 49.2 Å². The fourth-order valence-corrected chi connectivity index (χ4v) is 1.56. The minimum Gasteiger partial charge on any atom is -0.396 e. The van der Waals surface area contributed by atoms with Crippen LogP contribution in [0.3, 0.4) is 0 Å². The van der Waals surface area contributed by atoms with Gasteiger partial charge in [-0.1, -0.05) is 0 Å². The Kier molecular flexibility index (Phi) is 4.49. The summed E-state index contributed by atoms with van der Waals surface area (Å²) >= 11 is 0. The molecule has 0 saturated carbocycles. The molecule has 0 aliphatic rings. The summed E-state index contributed by atoms with van der Waals surface area (Å²) in [6.07, 6.45) is 0.774. The van der Waals surface area contributed by atoms with Crippen molar-refractivity contribution in [1.82, 2.24) is 9.97 Å². The molecule has 1 aromatic rings. The van der Waals surface area contributed by atoms with Crippen LogP contribution in [0.1, 0.15) is 24.9 Å². The summed E-state index contributed by atoms with van der Waals surface area (Å²) in [5, 5.41) is 8.81. The van der Waals surface area contributed by atoms with Gasteiger partial charge in [-0.05, 0) is 27.2 Å². The van der Waals surface area contributed by atoms with Crippen LogP contribution in [-0.4, -0.2) is 34.8 Å². The van der Waals surface area contributed by atoms with E-state index in [-0.39, 0.29) is 6.61 Å². The maximum atomic E-state index is 8.81. The van der Waals surface area contributed by atoms with Gasteiger partial charge in [-0.3, -0.25) is 0 Å². The lowest BCUT2D eigenvalue weighted by Gasteiger charge is -2.21. The van der Waals surface area contributed by atoms with Crippen molar-refractivity contribution in [3.8, 4) is 0 Å². The van der Waals surface area contributed by atoms with Gasteiger partial charge in [-0.25, -0.2) is 9.97 Å². The van der Waals surface area contributed by atoms with Gasteiger partial charge < -0.3 is 10.0 Å². The lowest BCUT2D eigenvalue weighted by molar-refractivity contribution is 0.289. The Labute approximate surface area is 91.0 Å². The minimum atomic E-state index is 0.222. The summed E-state index contributed by atoms with van der Waals surface area (Å²) in [5.74, 6) is 1.75. The highest BCUT2D eigenvalue weighted by Crippen LogP contribution is 2.12. The molecule has 0 radical (unpaired) electrons. The monoisotopic (exact) mass is 209 g/mol. The average molecular weight is 209 g/mol. The molecule has 0 bridgehead atoms. The highest BCUT2D eigenvalue weighted by atomic mass is 16.3. The van der Waals surface area contributed by atoms with Gasteiger partial charge in [0, 0.05) is 31.5 Å². The second-order valence-electron chi connectivity index (χ2n) is 3.57. The van der Waals surface area contributed by atoms with Gasteiger partial charge in [0.05, 0.1) is 0 Å². The van der Waals surface area contributed by atoms with Crippen molar-refractivity contribution in [2.24, 2.45) is 0 Å². The molecule has 1 rings (SSSR count). The summed E-state index contributed by atoms with van der Waals surface area (Å²) in [7, 11) is 0. The van der Waals surface area contributed by atoms with Gasteiger partial charge >= 0.3 is 0 Å². The van der Waals surface area contributed by atoms with Crippen molar-refractivity contribution < 1.29 is 5.11 Å². The van der Waals surface area contributed by atoms with Crippen LogP contribution in [0, 0.1) is 13.8 Å². The Morgan fingerprint density at radius 1 is 1.33 bits per heavy atom. The fourth-order valence-electron chi connectivity index (χ4n) is 1.56. The zero-order valence-electron chi connectivity index (χ0n) is 9.69. The third-order valence-corrected chi connectivity index (χ3v) is 2.24. The van der Waals surface area contributed by atoms with Gasteiger partial charge in [0.1, 0.15) is 11.6 Å². The molecule has 0 amide bonds. The Morgan fingerprint density at radius 2 is 2.07 bits per heavy atom. The zero-order chi connectivity index (χ0) is 11.3. The molecule has 0 atom stereocenters. The summed E-state index contributed by atoms with van der Waals surface area (Å²) in [5.41, 5.74) is 0.986. The van der Waals surface area contributed by atoms with E-state index in [1.54, 1.807) is 0 Å². The third-order valence-electron chi connectivity index (χ3n) is 2.24. The van der Waals surface area contributed by atoms with Crippen molar-refractivity contribution in [3.63, 3.8) is 0 Å². The maximum Gasteiger partial charge on any atom is 0.132 e. The number of hydrogen-bond acceptors (Lipinski definition) is 4. The molecule has 1 aromatic heterocycles. The first-order valence-electron chi connectivity index (χ1n) is 5.35. The average Bonchev–Trinajstić information content (AvgIpc) is 2.17. The summed E-state index contributed by atoms with van der Waals surface area (Å²) in [6.45, 7) is 7.91. The molecule has 0 spiro atoms. The molecule has 15 heavy (non-hydrogen) atoms. The van der Waals surface area contributed by atoms with Crippen LogP contribution < -0.4 is 4.90 Å². The van der Waals surface area contributed by atoms with E-state index in [0.717, 1.165) is 36.8 Å². The molecule has 0 saturated heterocycles. The third kappa shape index (κ3) is 3.47. The number of aliphatic hydroxyl groups excluding tert-OH is 1. The highest BCUT2D eigenvalue weighted by Gasteiger charge is 2.06. The zero-order valence-corrected chi connectivity index (χ0v) is 9.69. The van der Waals surface area contributed by atoms with E-state index in [2.05, 4.69) is 21.8 Å². The summed E-state index contributed by atoms with van der Waals surface area (Å²) < 4.78 is 0. The number of hydrogen-bond donors (Lipinski definition) is 1. The number of anilines is 1. The van der Waals surface area contributed by atoms with Crippen LogP contribution in [0.4, 0.5) is 5.82 Å². The van der Waals surface area contributed by atoms with Crippen molar-refractivity contribution in [3.05, 3.63) is 17.6 Å². The molecule has 0 aliphatic heterocycles. The number of aromatic nitrogens is 2. The van der Waals surface area contributed by atoms with Gasteiger partial charge in [0.25, 0.3) is 0 Å². The van der Waals surface area contributed by atoms with Crippen molar-refractivity contribution in [2.45, 2.75) is 27.2 Å². The van der Waals surface area contributed by atoms with Gasteiger partial charge in [-0.2, -0.15) is 0 Å². The van der Waals surface area contributed by atoms with Gasteiger partial charge in [0.2, 0.25) is 0 Å². The Bertz CT molecular complexity index is 294. The Balaban J connectivity index is 2.81. The van der Waals surface area contributed by atoms with Crippen LogP contribution >= 0.6 is 0 Å². The largest absolute Gasteiger partial charge is 0.396 e. The van der Waals surface area contributed by atoms with Crippen LogP contribution in [0.15, 0.2) is 6.07 Å². The smallest absolute Gasteiger partial charge is 0.132 e. The highest BCUT2D eigenvalue weighted by molar-refractivity contribution is 5.39. The normalized spacial score (nSPS) is 10.4. The number of aryl methyl sites for hydroxylation is 2. The lowest BCUT2D eigenvalue weighted by atomic mass is 10.3. The molecule has 0 fully saturated rings. The molecule has 4 heteroatoms. The van der Waals surface area contributed by atoms with E-state index in [0.29, 0.717) is 0 Å². The molecule has 0 aliphatic carbocycles. The standard InChI is InChI=1S/C11H19N3O/c1-4-14(6-5-7-15)11-8-9(2)12-10(3)13-11/h8,15H,4-7H2,1-3H3. The summed E-state index contributed by atoms with van der Waals surface area (Å²) in [4.78, 5) is 10.8. The Hall–Kier alpha value is -1.16. The molecule has 0 aromatic carbocycles. The second kappa shape index (κ2) is 5.66. The molecule has 84 valence electrons. The molecule has 4 nitrogen and oxygen atoms in total. The SMILES string of the molecule is CCN(CCCO)c1cc(C)nc(C)n1. The first-order chi connectivity index (χ1) is 7.17. The predicted octanol–water partition coefficient (Wildman–Crippen LogP) is 1.30. The second-order valence-corrected chi connectivity index (χ2v) is 3.57. The van der Waals surface area contributed by atoms with Crippen LogP contribution in [0.2, 0.25) is 0 Å². The van der Waals surface area contributed by atoms with Gasteiger partial charge in [0.15, 0.2) is 0 Å². The quantitative estimate of drug-likeness (QED) is 0.794. The molecular formula is C11H19N3O. The van der Waals surface area contributed by atoms with E-state index in [1.807, 2.05) is 19.9 Å². The maximum absolute atomic E-state index is 8.81. The van der Waals surface area contributed by atoms with E-state index >= 15 is 0 Å². The van der Waals surface area contributed by atoms with Crippen LogP contribution in [-0.2, 0) is 0 Å². The minimum absolute atomic E-state index is 0.222. The number of nitrogens with zero attached hydrogens (tertiary/aromatic N) is 3. The van der Waals surface area contributed by atoms with E-state index in [1.165, 1.54) is 0 Å². The van der Waals surface area contributed by atoms with Crippen LogP contribution in [0.5, 0.6) is 0 Å². The first-order valence-corrected chi connectivity index (χ1v) is 5.35. The van der Waals surface area contributed by atoms with Crippen molar-refractivity contribution >= 4 is 5.82 Å². The van der Waals surface area contributed by atoms with Crippen LogP contribution in [0.25, 0.3) is 0 Å². The van der Waals surface area contributed by atoms with Gasteiger partial charge in [-0.15, -0.1) is 0 Å². The molecule has 1 heterocycles. The molecular weight excluding hydrogens is 190 g/mol. The van der Waals surface area contributed by atoms with E-state index in [4.69, 9.17) is 5.11 Å². The number of rotatable bonds is 5. The van der Waals surface area contributed by atoms with Crippen molar-refractivity contribution in [1.29, 1.82) is 0 Å². The Morgan fingerprint density at radius 3 is 2.60 bits per heavy atom. The fraction of sp³-hybridized carbons (Fsp3) is 0.636. The molecule has 1 N–H and O–H groups in total. The lowest BCUT2D eigenvalue weighted by Crippen LogP contribution is -2.26. The van der Waals surface area contributed by atoms with E-state index in [9.17, 15) is 0 Å². The number of aliphatic hydroxyl groups is 1. The van der Waals surface area contributed by atoms with Crippen molar-refractivity contribution in [2.75, 3.05) is 24.6 Å². The van der Waals surface area contributed by atoms with E-state index < -0.39 is 0 Å². The first kappa shape index (κ1) is 11.9. The summed E-state index contributed by atoms with van der Waals surface area (Å²) in [6, 6.07) is 1.98. The molecule has 0 unspecified atom stereocenters.